The van der Waals surface area contributed by atoms with Crippen LogP contribution < -0.4 is 10.1 Å². The van der Waals surface area contributed by atoms with Crippen molar-refractivity contribution in [2.24, 2.45) is 5.92 Å². The minimum absolute atomic E-state index is 0.747. The van der Waals surface area contributed by atoms with Gasteiger partial charge in [0.2, 0.25) is 5.88 Å². The Morgan fingerprint density at radius 1 is 1.26 bits per heavy atom. The summed E-state index contributed by atoms with van der Waals surface area (Å²) in [5.74, 6) is 1.70. The fraction of sp³-hybridized carbons (Fsp3) is 0.688. The quantitative estimate of drug-likeness (QED) is 0.817. The molecule has 104 valence electrons. The maximum atomic E-state index is 5.82. The molecule has 3 heteroatoms. The average Bonchev–Trinajstić information content (AvgIpc) is 3.13. The first-order valence-corrected chi connectivity index (χ1v) is 7.63. The van der Waals surface area contributed by atoms with Crippen LogP contribution in [0.25, 0.3) is 0 Å². The molecule has 3 nitrogen and oxygen atoms in total. The lowest BCUT2D eigenvalue weighted by atomic mass is 9.83. The van der Waals surface area contributed by atoms with Crippen molar-refractivity contribution < 1.29 is 4.74 Å². The van der Waals surface area contributed by atoms with Crippen LogP contribution in [0.5, 0.6) is 5.88 Å². The van der Waals surface area contributed by atoms with Crippen molar-refractivity contribution in [2.45, 2.75) is 58.0 Å². The highest BCUT2D eigenvalue weighted by atomic mass is 16.5. The highest BCUT2D eigenvalue weighted by molar-refractivity contribution is 5.24. The molecular weight excluding hydrogens is 236 g/mol. The molecule has 0 aliphatic heterocycles. The van der Waals surface area contributed by atoms with Crippen molar-refractivity contribution in [3.05, 3.63) is 23.4 Å². The van der Waals surface area contributed by atoms with Crippen LogP contribution in [0, 0.1) is 12.8 Å². The van der Waals surface area contributed by atoms with Crippen LogP contribution in [0.1, 0.15) is 49.8 Å². The summed E-state index contributed by atoms with van der Waals surface area (Å²) in [6.07, 6.45) is 8.03. The Kier molecular flexibility index (Phi) is 4.02. The molecule has 0 atom stereocenters. The van der Waals surface area contributed by atoms with Gasteiger partial charge in [0.15, 0.2) is 0 Å². The molecule has 3 rings (SSSR count). The van der Waals surface area contributed by atoms with E-state index in [2.05, 4.69) is 22.4 Å². The zero-order chi connectivity index (χ0) is 13.1. The van der Waals surface area contributed by atoms with Crippen molar-refractivity contribution in [1.82, 2.24) is 10.3 Å². The summed E-state index contributed by atoms with van der Waals surface area (Å²) in [6, 6.07) is 4.98. The van der Waals surface area contributed by atoms with E-state index in [-0.39, 0.29) is 0 Å². The molecule has 2 aliphatic carbocycles. The third-order valence-electron chi connectivity index (χ3n) is 4.16. The molecule has 0 spiro atoms. The molecule has 0 radical (unpaired) electrons. The number of nitrogens with zero attached hydrogens (tertiary/aromatic N) is 1. The van der Waals surface area contributed by atoms with E-state index in [1.807, 2.05) is 6.92 Å². The lowest BCUT2D eigenvalue weighted by Gasteiger charge is -2.24. The Hall–Kier alpha value is -1.09. The largest absolute Gasteiger partial charge is 0.478 e. The Labute approximate surface area is 115 Å². The first kappa shape index (κ1) is 12.9. The Morgan fingerprint density at radius 3 is 2.79 bits per heavy atom. The summed E-state index contributed by atoms with van der Waals surface area (Å²) in [5.41, 5.74) is 2.34. The molecule has 0 aromatic carbocycles. The Balaban J connectivity index is 1.50. The van der Waals surface area contributed by atoms with Crippen molar-refractivity contribution in [2.75, 3.05) is 6.61 Å². The van der Waals surface area contributed by atoms with Crippen LogP contribution in [0.3, 0.4) is 0 Å². The predicted molar refractivity (Wildman–Crippen MR) is 76.3 cm³/mol. The zero-order valence-corrected chi connectivity index (χ0v) is 11.8. The molecule has 2 aliphatic rings. The molecule has 1 aromatic heterocycles. The number of nitrogens with one attached hydrogen (secondary N) is 1. The van der Waals surface area contributed by atoms with Crippen molar-refractivity contribution in [1.29, 1.82) is 0 Å². The van der Waals surface area contributed by atoms with Gasteiger partial charge in [0.1, 0.15) is 0 Å². The van der Waals surface area contributed by atoms with Gasteiger partial charge in [0, 0.05) is 24.3 Å². The van der Waals surface area contributed by atoms with Gasteiger partial charge in [-0.15, -0.1) is 0 Å². The minimum Gasteiger partial charge on any atom is -0.478 e. The van der Waals surface area contributed by atoms with E-state index in [1.165, 1.54) is 44.1 Å². The third-order valence-corrected chi connectivity index (χ3v) is 4.16. The number of hydrogen-bond donors (Lipinski definition) is 1. The number of aromatic nitrogens is 1. The molecule has 2 saturated carbocycles. The van der Waals surface area contributed by atoms with Crippen LogP contribution in [0.2, 0.25) is 0 Å². The van der Waals surface area contributed by atoms with E-state index in [4.69, 9.17) is 4.74 Å². The summed E-state index contributed by atoms with van der Waals surface area (Å²) >= 11 is 0. The van der Waals surface area contributed by atoms with Crippen LogP contribution in [-0.4, -0.2) is 17.6 Å². The lowest BCUT2D eigenvalue weighted by Crippen LogP contribution is -2.16. The monoisotopic (exact) mass is 260 g/mol. The zero-order valence-electron chi connectivity index (χ0n) is 11.8. The third kappa shape index (κ3) is 3.93. The number of rotatable bonds is 7. The average molecular weight is 260 g/mol. The topological polar surface area (TPSA) is 34.1 Å². The summed E-state index contributed by atoms with van der Waals surface area (Å²) in [4.78, 5) is 4.47. The first-order valence-electron chi connectivity index (χ1n) is 7.63. The Morgan fingerprint density at radius 2 is 2.11 bits per heavy atom. The minimum atomic E-state index is 0.747. The van der Waals surface area contributed by atoms with Gasteiger partial charge >= 0.3 is 0 Å². The fourth-order valence-electron chi connectivity index (χ4n) is 2.54. The molecule has 0 amide bonds. The number of ether oxygens (including phenoxy) is 1. The number of hydrogen-bond acceptors (Lipinski definition) is 3. The highest BCUT2D eigenvalue weighted by Crippen LogP contribution is 2.29. The van der Waals surface area contributed by atoms with Gasteiger partial charge in [0.05, 0.1) is 6.61 Å². The lowest BCUT2D eigenvalue weighted by molar-refractivity contribution is 0.217. The normalized spacial score (nSPS) is 19.2. The number of pyridine rings is 1. The van der Waals surface area contributed by atoms with Crippen LogP contribution >= 0.6 is 0 Å². The van der Waals surface area contributed by atoms with Gasteiger partial charge in [-0.1, -0.05) is 19.3 Å². The van der Waals surface area contributed by atoms with E-state index in [0.717, 1.165) is 36.7 Å². The molecule has 0 bridgehead atoms. The van der Waals surface area contributed by atoms with E-state index < -0.39 is 0 Å². The second kappa shape index (κ2) is 5.91. The van der Waals surface area contributed by atoms with Gasteiger partial charge in [0.25, 0.3) is 0 Å². The molecule has 1 heterocycles. The van der Waals surface area contributed by atoms with E-state index in [9.17, 15) is 0 Å². The Bertz CT molecular complexity index is 425. The standard InChI is InChI=1S/C16H24N2O/c1-12-9-14(11-17-15-5-6-15)10-16(18-12)19-8-7-13-3-2-4-13/h9-10,13,15,17H,2-8,11H2,1H3. The molecule has 0 unspecified atom stereocenters. The SMILES string of the molecule is Cc1cc(CNC2CC2)cc(OCCC2CCC2)n1. The summed E-state index contributed by atoms with van der Waals surface area (Å²) in [6.45, 7) is 3.79. The van der Waals surface area contributed by atoms with Gasteiger partial charge in [-0.05, 0) is 43.7 Å². The van der Waals surface area contributed by atoms with Gasteiger partial charge in [-0.25, -0.2) is 4.98 Å². The fourth-order valence-corrected chi connectivity index (χ4v) is 2.54. The van der Waals surface area contributed by atoms with Crippen molar-refractivity contribution in [3.63, 3.8) is 0 Å². The van der Waals surface area contributed by atoms with E-state index in [0.29, 0.717) is 0 Å². The second-order valence-corrected chi connectivity index (χ2v) is 6.04. The van der Waals surface area contributed by atoms with Crippen molar-refractivity contribution >= 4 is 0 Å². The number of aryl methyl sites for hydroxylation is 1. The van der Waals surface area contributed by atoms with E-state index in [1.54, 1.807) is 0 Å². The molecule has 1 N–H and O–H groups in total. The summed E-state index contributed by atoms with van der Waals surface area (Å²) in [7, 11) is 0. The highest BCUT2D eigenvalue weighted by Gasteiger charge is 2.20. The summed E-state index contributed by atoms with van der Waals surface area (Å²) < 4.78 is 5.82. The van der Waals surface area contributed by atoms with Crippen LogP contribution in [-0.2, 0) is 6.54 Å². The molecule has 19 heavy (non-hydrogen) atoms. The van der Waals surface area contributed by atoms with E-state index >= 15 is 0 Å². The van der Waals surface area contributed by atoms with Crippen molar-refractivity contribution in [3.8, 4) is 5.88 Å². The maximum Gasteiger partial charge on any atom is 0.213 e. The molecule has 1 aromatic rings. The predicted octanol–water partition coefficient (Wildman–Crippen LogP) is 3.21. The van der Waals surface area contributed by atoms with Crippen LogP contribution in [0.4, 0.5) is 0 Å². The second-order valence-electron chi connectivity index (χ2n) is 6.04. The molecule has 2 fully saturated rings. The smallest absolute Gasteiger partial charge is 0.213 e. The van der Waals surface area contributed by atoms with Gasteiger partial charge in [-0.2, -0.15) is 0 Å². The van der Waals surface area contributed by atoms with Gasteiger partial charge < -0.3 is 10.1 Å². The van der Waals surface area contributed by atoms with Gasteiger partial charge in [-0.3, -0.25) is 0 Å². The van der Waals surface area contributed by atoms with Crippen LogP contribution in [0.15, 0.2) is 12.1 Å². The summed E-state index contributed by atoms with van der Waals surface area (Å²) in [5, 5.41) is 3.54. The molecule has 0 saturated heterocycles. The molecular formula is C16H24N2O. The maximum absolute atomic E-state index is 5.82. The first-order chi connectivity index (χ1) is 9.29.